The maximum absolute atomic E-state index is 14.0. The minimum Gasteiger partial charge on any atom is -0.467 e. The number of amides is 1. The number of hydrogen-bond donors (Lipinski definition) is 2. The number of aromatic amines is 1. The van der Waals surface area contributed by atoms with Gasteiger partial charge in [0.15, 0.2) is 6.79 Å². The van der Waals surface area contributed by atoms with E-state index in [4.69, 9.17) is 9.47 Å². The molecule has 1 atom stereocenters. The molecule has 5 rings (SSSR count). The summed E-state index contributed by atoms with van der Waals surface area (Å²) in [6, 6.07) is 15.5. The number of nitrogens with zero attached hydrogens (tertiary/aromatic N) is 1. The van der Waals surface area contributed by atoms with Crippen LogP contribution in [0.5, 0.6) is 5.75 Å². The highest BCUT2D eigenvalue weighted by Gasteiger charge is 2.34. The number of rotatable bonds is 5. The first-order valence-corrected chi connectivity index (χ1v) is 10.9. The second-order valence-corrected chi connectivity index (χ2v) is 8.14. The highest BCUT2D eigenvalue weighted by atomic mass is 19.4. The highest BCUT2D eigenvalue weighted by Crippen LogP contribution is 2.32. The molecule has 0 radical (unpaired) electrons. The first kappa shape index (κ1) is 23.6. The van der Waals surface area contributed by atoms with Crippen LogP contribution in [-0.2, 0) is 22.3 Å². The number of halogens is 4. The number of hydrogen-bond acceptors (Lipinski definition) is 4. The van der Waals surface area contributed by atoms with E-state index in [2.05, 4.69) is 15.3 Å². The molecule has 1 aromatic heterocycles. The van der Waals surface area contributed by atoms with Crippen molar-refractivity contribution in [1.82, 2.24) is 15.3 Å². The van der Waals surface area contributed by atoms with Gasteiger partial charge in [-0.05, 0) is 41.5 Å². The van der Waals surface area contributed by atoms with Gasteiger partial charge < -0.3 is 19.8 Å². The Hall–Kier alpha value is -4.18. The van der Waals surface area contributed by atoms with Gasteiger partial charge in [-0.3, -0.25) is 4.79 Å². The normalized spacial score (nSPS) is 14.4. The predicted molar refractivity (Wildman–Crippen MR) is 123 cm³/mol. The summed E-state index contributed by atoms with van der Waals surface area (Å²) in [4.78, 5) is 18.8. The summed E-state index contributed by atoms with van der Waals surface area (Å²) < 4.78 is 63.9. The number of carbonyl (C=O) groups excluding carboxylic acids is 1. The number of alkyl halides is 3. The Morgan fingerprint density at radius 1 is 1.08 bits per heavy atom. The molecule has 6 nitrogen and oxygen atoms in total. The molecule has 0 fully saturated rings. The molecule has 0 saturated heterocycles. The van der Waals surface area contributed by atoms with Crippen LogP contribution in [0, 0.1) is 5.82 Å². The Labute approximate surface area is 202 Å². The average Bonchev–Trinajstić information content (AvgIpc) is 3.30. The number of H-pyrrole nitrogens is 1. The lowest BCUT2D eigenvalue weighted by atomic mass is 9.98. The van der Waals surface area contributed by atoms with Crippen molar-refractivity contribution < 1.29 is 31.8 Å². The van der Waals surface area contributed by atoms with Crippen LogP contribution in [0.15, 0.2) is 66.7 Å². The summed E-state index contributed by atoms with van der Waals surface area (Å²) in [5.41, 5.74) is 2.54. The van der Waals surface area contributed by atoms with Crippen LogP contribution in [0.1, 0.15) is 34.1 Å². The number of nitrogens with one attached hydrogen (secondary N) is 2. The van der Waals surface area contributed by atoms with Crippen molar-refractivity contribution in [3.8, 4) is 5.75 Å². The van der Waals surface area contributed by atoms with Gasteiger partial charge in [0.1, 0.15) is 11.6 Å². The van der Waals surface area contributed by atoms with Crippen LogP contribution in [-0.4, -0.2) is 22.7 Å². The topological polar surface area (TPSA) is 76.2 Å². The van der Waals surface area contributed by atoms with E-state index in [1.807, 2.05) is 6.07 Å². The van der Waals surface area contributed by atoms with Gasteiger partial charge in [0, 0.05) is 17.2 Å². The van der Waals surface area contributed by atoms with E-state index in [1.54, 1.807) is 30.3 Å². The molecule has 0 aliphatic carbocycles. The summed E-state index contributed by atoms with van der Waals surface area (Å²) in [5.74, 6) is -1.63. The molecule has 2 N–H and O–H groups in total. The second-order valence-electron chi connectivity index (χ2n) is 8.14. The molecule has 1 unspecified atom stereocenters. The molecule has 36 heavy (non-hydrogen) atoms. The largest absolute Gasteiger partial charge is 0.467 e. The lowest BCUT2D eigenvalue weighted by Crippen LogP contribution is -2.27. The fourth-order valence-corrected chi connectivity index (χ4v) is 4.03. The number of imidazole rings is 1. The molecule has 0 saturated carbocycles. The Kier molecular flexibility index (Phi) is 6.19. The van der Waals surface area contributed by atoms with E-state index in [0.29, 0.717) is 22.4 Å². The Morgan fingerprint density at radius 2 is 1.89 bits per heavy atom. The van der Waals surface area contributed by atoms with E-state index in [-0.39, 0.29) is 24.4 Å². The van der Waals surface area contributed by atoms with Gasteiger partial charge in [0.25, 0.3) is 0 Å². The van der Waals surface area contributed by atoms with Crippen molar-refractivity contribution in [2.45, 2.75) is 18.8 Å². The first-order valence-electron chi connectivity index (χ1n) is 10.9. The van der Waals surface area contributed by atoms with E-state index in [0.717, 1.165) is 5.56 Å². The molecule has 0 bridgehead atoms. The molecule has 4 aromatic rings. The number of carbonyl (C=O) groups is 1. The maximum Gasteiger partial charge on any atom is 0.449 e. The van der Waals surface area contributed by atoms with E-state index in [1.165, 1.54) is 36.4 Å². The summed E-state index contributed by atoms with van der Waals surface area (Å²) in [5, 5.41) is 2.87. The van der Waals surface area contributed by atoms with Crippen LogP contribution in [0.25, 0.3) is 17.1 Å². The maximum atomic E-state index is 14.0. The SMILES string of the molecule is O=C(C=Cc1cc(F)cc2c1OCOC2)NC(c1ccccc1)c1ccc2nc(C(F)(F)F)[nH]c2c1. The van der Waals surface area contributed by atoms with Crippen LogP contribution < -0.4 is 10.1 Å². The zero-order valence-corrected chi connectivity index (χ0v) is 18.6. The van der Waals surface area contributed by atoms with Gasteiger partial charge in [0.05, 0.1) is 23.7 Å². The molecule has 2 heterocycles. The Balaban J connectivity index is 1.44. The lowest BCUT2D eigenvalue weighted by Gasteiger charge is -2.20. The van der Waals surface area contributed by atoms with Gasteiger partial charge >= 0.3 is 6.18 Å². The third-order valence-corrected chi connectivity index (χ3v) is 5.65. The van der Waals surface area contributed by atoms with Gasteiger partial charge in [-0.1, -0.05) is 36.4 Å². The van der Waals surface area contributed by atoms with Crippen molar-refractivity contribution in [3.05, 3.63) is 101 Å². The molecular formula is C26H19F4N3O3. The van der Waals surface area contributed by atoms with Crippen molar-refractivity contribution in [2.75, 3.05) is 6.79 Å². The quantitative estimate of drug-likeness (QED) is 0.282. The van der Waals surface area contributed by atoms with Crippen LogP contribution in [0.2, 0.25) is 0 Å². The molecule has 10 heteroatoms. The molecule has 184 valence electrons. The highest BCUT2D eigenvalue weighted by molar-refractivity contribution is 5.93. The van der Waals surface area contributed by atoms with Crippen LogP contribution in [0.4, 0.5) is 17.6 Å². The third-order valence-electron chi connectivity index (χ3n) is 5.65. The average molecular weight is 497 g/mol. The fraction of sp³-hybridized carbons (Fsp3) is 0.154. The number of ether oxygens (including phenoxy) is 2. The first-order chi connectivity index (χ1) is 17.3. The number of aromatic nitrogens is 2. The monoisotopic (exact) mass is 497 g/mol. The molecule has 1 amide bonds. The molecular weight excluding hydrogens is 478 g/mol. The summed E-state index contributed by atoms with van der Waals surface area (Å²) in [6.07, 6.45) is -1.92. The summed E-state index contributed by atoms with van der Waals surface area (Å²) in [7, 11) is 0. The lowest BCUT2D eigenvalue weighted by molar-refractivity contribution is -0.144. The van der Waals surface area contributed by atoms with Crippen molar-refractivity contribution in [2.24, 2.45) is 0 Å². The minimum absolute atomic E-state index is 0.0217. The minimum atomic E-state index is -4.61. The summed E-state index contributed by atoms with van der Waals surface area (Å²) in [6.45, 7) is 0.218. The predicted octanol–water partition coefficient (Wildman–Crippen LogP) is 5.51. The Morgan fingerprint density at radius 3 is 2.67 bits per heavy atom. The van der Waals surface area contributed by atoms with Crippen molar-refractivity contribution in [3.63, 3.8) is 0 Å². The fourth-order valence-electron chi connectivity index (χ4n) is 4.03. The van der Waals surface area contributed by atoms with Crippen LogP contribution >= 0.6 is 0 Å². The van der Waals surface area contributed by atoms with Gasteiger partial charge in [-0.2, -0.15) is 13.2 Å². The third kappa shape index (κ3) is 4.94. The molecule has 3 aromatic carbocycles. The van der Waals surface area contributed by atoms with Crippen molar-refractivity contribution in [1.29, 1.82) is 0 Å². The molecule has 1 aliphatic heterocycles. The van der Waals surface area contributed by atoms with Crippen molar-refractivity contribution >= 4 is 23.0 Å². The van der Waals surface area contributed by atoms with E-state index in [9.17, 15) is 22.4 Å². The van der Waals surface area contributed by atoms with Gasteiger partial charge in [0.2, 0.25) is 11.7 Å². The standard InChI is InChI=1S/C26H19F4N3O3/c27-19-10-17(24-18(11-19)13-35-14-36-24)7-9-22(34)33-23(15-4-2-1-3-5-15)16-6-8-20-21(12-16)32-25(31-20)26(28,29)30/h1-12,23H,13-14H2,(H,31,32)(H,33,34). The Bertz CT molecular complexity index is 1450. The van der Waals surface area contributed by atoms with Gasteiger partial charge in [-0.25, -0.2) is 9.37 Å². The second kappa shape index (κ2) is 9.46. The zero-order chi connectivity index (χ0) is 25.3. The van der Waals surface area contributed by atoms with E-state index < -0.39 is 29.8 Å². The number of fused-ring (bicyclic) bond motifs is 2. The smallest absolute Gasteiger partial charge is 0.449 e. The van der Waals surface area contributed by atoms with E-state index >= 15 is 0 Å². The summed E-state index contributed by atoms with van der Waals surface area (Å²) >= 11 is 0. The zero-order valence-electron chi connectivity index (χ0n) is 18.6. The number of benzene rings is 3. The van der Waals surface area contributed by atoms with Crippen LogP contribution in [0.3, 0.4) is 0 Å². The molecule has 1 aliphatic rings. The van der Waals surface area contributed by atoms with Gasteiger partial charge in [-0.15, -0.1) is 0 Å². The molecule has 0 spiro atoms.